The summed E-state index contributed by atoms with van der Waals surface area (Å²) in [6.07, 6.45) is 1.23. The van der Waals surface area contributed by atoms with Crippen LogP contribution in [0.3, 0.4) is 0 Å². The SMILES string of the molecule is CS(=O)(=O)N1CCN(c2ccccc2NC(=O)c2sc3ccccc3c2Cl)CC1. The van der Waals surface area contributed by atoms with Gasteiger partial charge < -0.3 is 10.2 Å². The second kappa shape index (κ2) is 7.95. The molecule has 0 saturated carbocycles. The Morgan fingerprint density at radius 1 is 1.03 bits per heavy atom. The van der Waals surface area contributed by atoms with Gasteiger partial charge in [-0.2, -0.15) is 4.31 Å². The normalized spacial score (nSPS) is 15.6. The number of halogens is 1. The Balaban J connectivity index is 1.56. The van der Waals surface area contributed by atoms with Crippen molar-refractivity contribution in [3.05, 3.63) is 58.4 Å². The molecular weight excluding hydrogens is 430 g/mol. The van der Waals surface area contributed by atoms with Crippen LogP contribution in [0, 0.1) is 0 Å². The number of amides is 1. The molecule has 1 saturated heterocycles. The lowest BCUT2D eigenvalue weighted by molar-refractivity contribution is 0.103. The number of fused-ring (bicyclic) bond motifs is 1. The Morgan fingerprint density at radius 2 is 1.69 bits per heavy atom. The van der Waals surface area contributed by atoms with Gasteiger partial charge in [-0.1, -0.05) is 41.9 Å². The van der Waals surface area contributed by atoms with Crippen LogP contribution in [0.1, 0.15) is 9.67 Å². The average Bonchev–Trinajstić information content (AvgIpc) is 3.05. The number of hydrogen-bond acceptors (Lipinski definition) is 5. The molecule has 2 aromatic carbocycles. The first kappa shape index (κ1) is 20.2. The van der Waals surface area contributed by atoms with Crippen LogP contribution >= 0.6 is 22.9 Å². The Hall–Kier alpha value is -2.13. The number of benzene rings is 2. The second-order valence-electron chi connectivity index (χ2n) is 6.86. The third-order valence-corrected chi connectivity index (χ3v) is 7.92. The van der Waals surface area contributed by atoms with Crippen LogP contribution in [-0.4, -0.2) is 51.1 Å². The van der Waals surface area contributed by atoms with E-state index in [1.807, 2.05) is 48.5 Å². The van der Waals surface area contributed by atoms with E-state index in [0.717, 1.165) is 15.8 Å². The van der Waals surface area contributed by atoms with Crippen molar-refractivity contribution < 1.29 is 13.2 Å². The Labute approximate surface area is 178 Å². The summed E-state index contributed by atoms with van der Waals surface area (Å²) in [6.45, 7) is 1.96. The molecule has 0 aliphatic carbocycles. The lowest BCUT2D eigenvalue weighted by Gasteiger charge is -2.35. The summed E-state index contributed by atoms with van der Waals surface area (Å²) in [5.41, 5.74) is 1.55. The smallest absolute Gasteiger partial charge is 0.267 e. The van der Waals surface area contributed by atoms with Crippen molar-refractivity contribution in [3.63, 3.8) is 0 Å². The minimum absolute atomic E-state index is 0.251. The lowest BCUT2D eigenvalue weighted by Crippen LogP contribution is -2.48. The van der Waals surface area contributed by atoms with Crippen molar-refractivity contribution in [2.75, 3.05) is 42.7 Å². The molecule has 0 bridgehead atoms. The summed E-state index contributed by atoms with van der Waals surface area (Å²) in [7, 11) is -3.19. The van der Waals surface area contributed by atoms with Crippen molar-refractivity contribution >= 4 is 60.3 Å². The van der Waals surface area contributed by atoms with Gasteiger partial charge in [0.1, 0.15) is 4.88 Å². The number of rotatable bonds is 4. The number of carbonyl (C=O) groups is 1. The molecule has 0 spiro atoms. The summed E-state index contributed by atoms with van der Waals surface area (Å²) < 4.78 is 25.9. The third-order valence-electron chi connectivity index (χ3n) is 4.94. The van der Waals surface area contributed by atoms with Crippen LogP contribution in [0.4, 0.5) is 11.4 Å². The minimum Gasteiger partial charge on any atom is -0.367 e. The number of thiophene rings is 1. The Kier molecular flexibility index (Phi) is 5.52. The number of para-hydroxylation sites is 2. The van der Waals surface area contributed by atoms with Crippen LogP contribution in [0.15, 0.2) is 48.5 Å². The van der Waals surface area contributed by atoms with Gasteiger partial charge in [-0.3, -0.25) is 4.79 Å². The molecule has 6 nitrogen and oxygen atoms in total. The first-order chi connectivity index (χ1) is 13.8. The summed E-state index contributed by atoms with van der Waals surface area (Å²) in [5, 5.41) is 4.31. The van der Waals surface area contributed by atoms with E-state index in [0.29, 0.717) is 41.8 Å². The predicted molar refractivity (Wildman–Crippen MR) is 120 cm³/mol. The first-order valence-electron chi connectivity index (χ1n) is 9.12. The van der Waals surface area contributed by atoms with Gasteiger partial charge in [-0.25, -0.2) is 8.42 Å². The molecule has 1 fully saturated rings. The van der Waals surface area contributed by atoms with Gasteiger partial charge in [-0.15, -0.1) is 11.3 Å². The van der Waals surface area contributed by atoms with E-state index in [1.165, 1.54) is 21.9 Å². The van der Waals surface area contributed by atoms with Crippen LogP contribution in [-0.2, 0) is 10.0 Å². The number of sulfonamides is 1. The molecule has 4 rings (SSSR count). The number of piperazine rings is 1. The lowest BCUT2D eigenvalue weighted by atomic mass is 10.2. The van der Waals surface area contributed by atoms with E-state index >= 15 is 0 Å². The number of anilines is 2. The number of nitrogens with zero attached hydrogens (tertiary/aromatic N) is 2. The highest BCUT2D eigenvalue weighted by Gasteiger charge is 2.25. The van der Waals surface area contributed by atoms with Crippen LogP contribution < -0.4 is 10.2 Å². The van der Waals surface area contributed by atoms with Crippen molar-refractivity contribution in [1.29, 1.82) is 0 Å². The molecule has 0 atom stereocenters. The number of carbonyl (C=O) groups excluding carboxylic acids is 1. The molecule has 1 N–H and O–H groups in total. The van der Waals surface area contributed by atoms with E-state index in [-0.39, 0.29) is 5.91 Å². The number of nitrogens with one attached hydrogen (secondary N) is 1. The van der Waals surface area contributed by atoms with E-state index < -0.39 is 10.0 Å². The monoisotopic (exact) mass is 449 g/mol. The highest BCUT2D eigenvalue weighted by atomic mass is 35.5. The molecule has 1 aliphatic rings. The Bertz CT molecular complexity index is 1170. The van der Waals surface area contributed by atoms with Crippen molar-refractivity contribution in [3.8, 4) is 0 Å². The number of hydrogen-bond donors (Lipinski definition) is 1. The zero-order valence-electron chi connectivity index (χ0n) is 15.8. The van der Waals surface area contributed by atoms with Gasteiger partial charge >= 0.3 is 0 Å². The molecule has 3 aromatic rings. The molecule has 152 valence electrons. The standard InChI is InChI=1S/C20H20ClN3O3S2/c1-29(26,27)24-12-10-23(11-13-24)16-8-4-3-7-15(16)22-20(25)19-18(21)14-6-2-5-9-17(14)28-19/h2-9H,10-13H2,1H3,(H,22,25). The largest absolute Gasteiger partial charge is 0.367 e. The summed E-state index contributed by atoms with van der Waals surface area (Å²) >= 11 is 7.81. The van der Waals surface area contributed by atoms with Crippen LogP contribution in [0.5, 0.6) is 0 Å². The second-order valence-corrected chi connectivity index (χ2v) is 10.3. The molecule has 1 amide bonds. The highest BCUT2D eigenvalue weighted by molar-refractivity contribution is 7.88. The summed E-state index contributed by atoms with van der Waals surface area (Å²) in [5.74, 6) is -0.251. The molecule has 29 heavy (non-hydrogen) atoms. The fourth-order valence-corrected chi connectivity index (χ4v) is 5.69. The molecular formula is C20H20ClN3O3S2. The molecule has 0 unspecified atom stereocenters. The van der Waals surface area contributed by atoms with Gasteiger partial charge in [0.25, 0.3) is 5.91 Å². The molecule has 1 aromatic heterocycles. The van der Waals surface area contributed by atoms with Gasteiger partial charge in [0.2, 0.25) is 10.0 Å². The fourth-order valence-electron chi connectivity index (χ4n) is 3.45. The van der Waals surface area contributed by atoms with E-state index in [2.05, 4.69) is 10.2 Å². The van der Waals surface area contributed by atoms with E-state index in [9.17, 15) is 13.2 Å². The predicted octanol–water partition coefficient (Wildman–Crippen LogP) is 3.89. The maximum absolute atomic E-state index is 12.9. The molecule has 9 heteroatoms. The maximum Gasteiger partial charge on any atom is 0.267 e. The molecule has 1 aliphatic heterocycles. The average molecular weight is 450 g/mol. The molecule has 2 heterocycles. The highest BCUT2D eigenvalue weighted by Crippen LogP contribution is 2.36. The van der Waals surface area contributed by atoms with Crippen molar-refractivity contribution in [2.45, 2.75) is 0 Å². The van der Waals surface area contributed by atoms with Gasteiger partial charge in [0.05, 0.1) is 22.7 Å². The fraction of sp³-hybridized carbons (Fsp3) is 0.250. The van der Waals surface area contributed by atoms with Gasteiger partial charge in [-0.05, 0) is 18.2 Å². The third kappa shape index (κ3) is 4.11. The zero-order valence-corrected chi connectivity index (χ0v) is 18.1. The Morgan fingerprint density at radius 3 is 2.38 bits per heavy atom. The van der Waals surface area contributed by atoms with Gasteiger partial charge in [0, 0.05) is 36.3 Å². The van der Waals surface area contributed by atoms with Crippen molar-refractivity contribution in [2.24, 2.45) is 0 Å². The maximum atomic E-state index is 12.9. The first-order valence-corrected chi connectivity index (χ1v) is 12.2. The van der Waals surface area contributed by atoms with Crippen LogP contribution in [0.25, 0.3) is 10.1 Å². The summed E-state index contributed by atoms with van der Waals surface area (Å²) in [4.78, 5) is 15.5. The topological polar surface area (TPSA) is 69.7 Å². The molecule has 0 radical (unpaired) electrons. The zero-order chi connectivity index (χ0) is 20.6. The van der Waals surface area contributed by atoms with Crippen molar-refractivity contribution in [1.82, 2.24) is 4.31 Å². The summed E-state index contributed by atoms with van der Waals surface area (Å²) in [6, 6.07) is 15.2. The van der Waals surface area contributed by atoms with Gasteiger partial charge in [0.15, 0.2) is 0 Å². The van der Waals surface area contributed by atoms with Crippen LogP contribution in [0.2, 0.25) is 5.02 Å². The minimum atomic E-state index is -3.19. The van der Waals surface area contributed by atoms with E-state index in [4.69, 9.17) is 11.6 Å². The van der Waals surface area contributed by atoms with E-state index in [1.54, 1.807) is 0 Å². The quantitative estimate of drug-likeness (QED) is 0.656.